The predicted molar refractivity (Wildman–Crippen MR) is 82.1 cm³/mol. The maximum Gasteiger partial charge on any atom is 0.119 e. The fourth-order valence-corrected chi connectivity index (χ4v) is 2.80. The summed E-state index contributed by atoms with van der Waals surface area (Å²) in [7, 11) is 0. The van der Waals surface area contributed by atoms with Gasteiger partial charge in [-0.3, -0.25) is 4.90 Å². The smallest absolute Gasteiger partial charge is 0.119 e. The molecule has 104 valence electrons. The van der Waals surface area contributed by atoms with Crippen molar-refractivity contribution < 1.29 is 4.74 Å². The van der Waals surface area contributed by atoms with Gasteiger partial charge in [0.25, 0.3) is 0 Å². The summed E-state index contributed by atoms with van der Waals surface area (Å²) < 4.78 is 5.79. The lowest BCUT2D eigenvalue weighted by atomic mass is 9.96. The van der Waals surface area contributed by atoms with Crippen molar-refractivity contribution in [1.82, 2.24) is 4.90 Å². The van der Waals surface area contributed by atoms with E-state index in [1.54, 1.807) is 0 Å². The highest BCUT2D eigenvalue weighted by Gasteiger charge is 2.17. The second-order valence-corrected chi connectivity index (χ2v) is 5.40. The van der Waals surface area contributed by atoms with E-state index in [1.807, 2.05) is 30.3 Å². The molecule has 0 saturated carbocycles. The molecule has 0 saturated heterocycles. The number of fused-ring (bicyclic) bond motifs is 1. The van der Waals surface area contributed by atoms with E-state index >= 15 is 0 Å². The van der Waals surface area contributed by atoms with Crippen molar-refractivity contribution in [3.8, 4) is 5.75 Å². The monoisotopic (exact) mass is 267 g/mol. The van der Waals surface area contributed by atoms with Gasteiger partial charge in [0.2, 0.25) is 0 Å². The van der Waals surface area contributed by atoms with Crippen LogP contribution < -0.4 is 4.74 Å². The van der Waals surface area contributed by atoms with Gasteiger partial charge in [-0.1, -0.05) is 36.4 Å². The maximum absolute atomic E-state index is 5.79. The van der Waals surface area contributed by atoms with Gasteiger partial charge in [0.05, 0.1) is 0 Å². The number of benzene rings is 2. The van der Waals surface area contributed by atoms with Gasteiger partial charge >= 0.3 is 0 Å². The molecule has 0 spiro atoms. The van der Waals surface area contributed by atoms with E-state index in [1.165, 1.54) is 16.7 Å². The van der Waals surface area contributed by atoms with Gasteiger partial charge in [-0.25, -0.2) is 0 Å². The molecular weight excluding hydrogens is 246 g/mol. The zero-order chi connectivity index (χ0) is 13.8. The molecule has 0 bridgehead atoms. The highest BCUT2D eigenvalue weighted by Crippen LogP contribution is 2.21. The highest BCUT2D eigenvalue weighted by molar-refractivity contribution is 5.36. The zero-order valence-electron chi connectivity index (χ0n) is 12.0. The van der Waals surface area contributed by atoms with E-state index in [0.29, 0.717) is 0 Å². The molecule has 0 aromatic heterocycles. The molecule has 0 fully saturated rings. The molecule has 1 aliphatic rings. The van der Waals surface area contributed by atoms with Gasteiger partial charge in [-0.15, -0.1) is 0 Å². The van der Waals surface area contributed by atoms with Gasteiger partial charge in [0.1, 0.15) is 12.4 Å². The minimum absolute atomic E-state index is 0.755. The summed E-state index contributed by atoms with van der Waals surface area (Å²) in [5, 5.41) is 0. The lowest BCUT2D eigenvalue weighted by Gasteiger charge is -2.29. The minimum Gasteiger partial charge on any atom is -0.492 e. The van der Waals surface area contributed by atoms with Gasteiger partial charge in [-0.2, -0.15) is 0 Å². The molecule has 0 amide bonds. The average Bonchev–Trinajstić information content (AvgIpc) is 2.49. The Kier molecular flexibility index (Phi) is 4.03. The van der Waals surface area contributed by atoms with E-state index in [9.17, 15) is 0 Å². The SMILES string of the molecule is Cc1cccc2c1CN(CCOc1ccccc1)CC2. The standard InChI is InChI=1S/C18H21NO/c1-15-6-5-7-16-10-11-19(14-18(15)16)12-13-20-17-8-3-2-4-9-17/h2-9H,10-14H2,1H3. The first-order chi connectivity index (χ1) is 9.83. The Morgan fingerprint density at radius 1 is 1.05 bits per heavy atom. The van der Waals surface area contributed by atoms with Crippen molar-refractivity contribution in [2.75, 3.05) is 19.7 Å². The topological polar surface area (TPSA) is 12.5 Å². The molecule has 0 aliphatic carbocycles. The zero-order valence-corrected chi connectivity index (χ0v) is 12.0. The Labute approximate surface area is 121 Å². The van der Waals surface area contributed by atoms with E-state index in [0.717, 1.165) is 38.4 Å². The fraction of sp³-hybridized carbons (Fsp3) is 0.333. The van der Waals surface area contributed by atoms with Crippen molar-refractivity contribution in [3.63, 3.8) is 0 Å². The number of hydrogen-bond donors (Lipinski definition) is 0. The molecule has 2 aromatic rings. The summed E-state index contributed by atoms with van der Waals surface area (Å²) in [5.41, 5.74) is 4.44. The number of ether oxygens (including phenoxy) is 1. The number of nitrogens with zero attached hydrogens (tertiary/aromatic N) is 1. The van der Waals surface area contributed by atoms with Crippen molar-refractivity contribution >= 4 is 0 Å². The second-order valence-electron chi connectivity index (χ2n) is 5.40. The number of para-hydroxylation sites is 1. The molecule has 2 aromatic carbocycles. The van der Waals surface area contributed by atoms with Crippen LogP contribution in [0.15, 0.2) is 48.5 Å². The van der Waals surface area contributed by atoms with E-state index in [2.05, 4.69) is 30.0 Å². The molecule has 0 N–H and O–H groups in total. The Bertz CT molecular complexity index is 565. The summed E-state index contributed by atoms with van der Waals surface area (Å²) in [6, 6.07) is 16.7. The van der Waals surface area contributed by atoms with Crippen molar-refractivity contribution in [1.29, 1.82) is 0 Å². The first kappa shape index (κ1) is 13.2. The lowest BCUT2D eigenvalue weighted by molar-refractivity contribution is 0.196. The molecule has 1 aliphatic heterocycles. The van der Waals surface area contributed by atoms with Crippen LogP contribution in [0, 0.1) is 6.92 Å². The van der Waals surface area contributed by atoms with E-state index in [4.69, 9.17) is 4.74 Å². The molecule has 1 heterocycles. The predicted octanol–water partition coefficient (Wildman–Crippen LogP) is 3.43. The minimum atomic E-state index is 0.755. The largest absolute Gasteiger partial charge is 0.492 e. The first-order valence-electron chi connectivity index (χ1n) is 7.30. The molecule has 20 heavy (non-hydrogen) atoms. The number of rotatable bonds is 4. The van der Waals surface area contributed by atoms with Crippen LogP contribution in [0.25, 0.3) is 0 Å². The van der Waals surface area contributed by atoms with Gasteiger partial charge in [-0.05, 0) is 42.2 Å². The third-order valence-corrected chi connectivity index (χ3v) is 4.01. The summed E-state index contributed by atoms with van der Waals surface area (Å²) in [6.07, 6.45) is 1.16. The molecule has 2 nitrogen and oxygen atoms in total. The molecule has 0 radical (unpaired) electrons. The van der Waals surface area contributed by atoms with Gasteiger partial charge < -0.3 is 4.74 Å². The molecule has 0 unspecified atom stereocenters. The summed E-state index contributed by atoms with van der Waals surface area (Å²) >= 11 is 0. The Balaban J connectivity index is 1.54. The van der Waals surface area contributed by atoms with E-state index in [-0.39, 0.29) is 0 Å². The number of aryl methyl sites for hydroxylation is 1. The van der Waals surface area contributed by atoms with Crippen LogP contribution in [0.2, 0.25) is 0 Å². The van der Waals surface area contributed by atoms with Crippen molar-refractivity contribution in [3.05, 3.63) is 65.2 Å². The Hall–Kier alpha value is -1.80. The van der Waals surface area contributed by atoms with Gasteiger partial charge in [0, 0.05) is 19.6 Å². The molecule has 0 atom stereocenters. The van der Waals surface area contributed by atoms with Crippen molar-refractivity contribution in [2.45, 2.75) is 19.9 Å². The van der Waals surface area contributed by atoms with Crippen LogP contribution in [-0.4, -0.2) is 24.6 Å². The molecule has 3 rings (SSSR count). The summed E-state index contributed by atoms with van der Waals surface area (Å²) in [4.78, 5) is 2.48. The van der Waals surface area contributed by atoms with Crippen LogP contribution in [-0.2, 0) is 13.0 Å². The third kappa shape index (κ3) is 3.02. The van der Waals surface area contributed by atoms with Crippen LogP contribution in [0.4, 0.5) is 0 Å². The highest BCUT2D eigenvalue weighted by atomic mass is 16.5. The Morgan fingerprint density at radius 2 is 1.90 bits per heavy atom. The Morgan fingerprint density at radius 3 is 2.75 bits per heavy atom. The van der Waals surface area contributed by atoms with Crippen LogP contribution >= 0.6 is 0 Å². The normalized spacial score (nSPS) is 14.8. The first-order valence-corrected chi connectivity index (χ1v) is 7.30. The van der Waals surface area contributed by atoms with Crippen LogP contribution in [0.1, 0.15) is 16.7 Å². The van der Waals surface area contributed by atoms with E-state index < -0.39 is 0 Å². The van der Waals surface area contributed by atoms with Gasteiger partial charge in [0.15, 0.2) is 0 Å². The summed E-state index contributed by atoms with van der Waals surface area (Å²) in [6.45, 7) is 6.14. The van der Waals surface area contributed by atoms with Crippen molar-refractivity contribution in [2.24, 2.45) is 0 Å². The maximum atomic E-state index is 5.79. The molecular formula is C18H21NO. The number of hydrogen-bond acceptors (Lipinski definition) is 2. The fourth-order valence-electron chi connectivity index (χ4n) is 2.80. The second kappa shape index (κ2) is 6.10. The van der Waals surface area contributed by atoms with Crippen LogP contribution in [0.5, 0.6) is 5.75 Å². The molecule has 2 heteroatoms. The third-order valence-electron chi connectivity index (χ3n) is 4.01. The average molecular weight is 267 g/mol. The van der Waals surface area contributed by atoms with Crippen LogP contribution in [0.3, 0.4) is 0 Å². The lowest BCUT2D eigenvalue weighted by Crippen LogP contribution is -2.34. The quantitative estimate of drug-likeness (QED) is 0.841. The summed E-state index contributed by atoms with van der Waals surface area (Å²) in [5.74, 6) is 0.959.